The average Bonchev–Trinajstić information content (AvgIpc) is 2.86. The molecule has 0 spiro atoms. The molecular weight excluding hydrogens is 315 g/mol. The minimum Gasteiger partial charge on any atom is -0.351 e. The van der Waals surface area contributed by atoms with Gasteiger partial charge in [0, 0.05) is 25.8 Å². The Morgan fingerprint density at radius 3 is 2.78 bits per heavy atom. The first-order valence-electron chi connectivity index (χ1n) is 7.52. The number of rotatable bonds is 7. The summed E-state index contributed by atoms with van der Waals surface area (Å²) in [7, 11) is 1.91. The number of amides is 1. The Morgan fingerprint density at radius 2 is 2.09 bits per heavy atom. The lowest BCUT2D eigenvalue weighted by atomic mass is 10.2. The molecule has 0 unspecified atom stereocenters. The molecule has 23 heavy (non-hydrogen) atoms. The van der Waals surface area contributed by atoms with E-state index < -0.39 is 11.7 Å². The smallest absolute Gasteiger partial charge is 0.254 e. The summed E-state index contributed by atoms with van der Waals surface area (Å²) >= 11 is 1.67. The van der Waals surface area contributed by atoms with Gasteiger partial charge in [0.2, 0.25) is 0 Å². The number of thioether (sulfide) groups is 1. The molecule has 7 heteroatoms. The third kappa shape index (κ3) is 4.79. The van der Waals surface area contributed by atoms with Gasteiger partial charge in [0.1, 0.15) is 11.6 Å². The molecule has 1 heterocycles. The molecule has 1 aromatic carbocycles. The second-order valence-electron chi connectivity index (χ2n) is 5.65. The summed E-state index contributed by atoms with van der Waals surface area (Å²) in [6.45, 7) is 4.69. The topological polar surface area (TPSA) is 59.8 Å². The van der Waals surface area contributed by atoms with E-state index in [0.717, 1.165) is 16.7 Å². The molecule has 1 N–H and O–H groups in total. The molecule has 1 amide bonds. The number of carbonyl (C=O) groups is 1. The molecule has 0 radical (unpaired) electrons. The number of hydrogen-bond donors (Lipinski definition) is 1. The Balaban J connectivity index is 1.87. The third-order valence-corrected chi connectivity index (χ3v) is 4.67. The van der Waals surface area contributed by atoms with Crippen molar-refractivity contribution in [1.29, 1.82) is 0 Å². The normalized spacial score (nSPS) is 11.0. The van der Waals surface area contributed by atoms with Crippen molar-refractivity contribution < 1.29 is 9.18 Å². The van der Waals surface area contributed by atoms with Crippen LogP contribution in [0, 0.1) is 11.7 Å². The van der Waals surface area contributed by atoms with E-state index in [0.29, 0.717) is 18.9 Å². The maximum absolute atomic E-state index is 13.5. The molecule has 0 aliphatic heterocycles. The Labute approximate surface area is 139 Å². The highest BCUT2D eigenvalue weighted by Gasteiger charge is 2.12. The first-order chi connectivity index (χ1) is 11.0. The molecule has 5 nitrogen and oxygen atoms in total. The van der Waals surface area contributed by atoms with E-state index >= 15 is 0 Å². The molecule has 0 saturated heterocycles. The molecule has 0 bridgehead atoms. The summed E-state index contributed by atoms with van der Waals surface area (Å²) in [5.41, 5.74) is 0.0543. The van der Waals surface area contributed by atoms with Crippen molar-refractivity contribution in [2.45, 2.75) is 25.4 Å². The van der Waals surface area contributed by atoms with Gasteiger partial charge in [-0.25, -0.2) is 4.39 Å². The fourth-order valence-electron chi connectivity index (χ4n) is 1.96. The SMILES string of the molecule is CC(C)CSc1nnc(CCNC(=O)c2ccccc2F)n1C. The largest absolute Gasteiger partial charge is 0.351 e. The number of carbonyl (C=O) groups excluding carboxylic acids is 1. The van der Waals surface area contributed by atoms with E-state index in [1.165, 1.54) is 12.1 Å². The van der Waals surface area contributed by atoms with Gasteiger partial charge in [0.05, 0.1) is 5.56 Å². The van der Waals surface area contributed by atoms with E-state index in [9.17, 15) is 9.18 Å². The van der Waals surface area contributed by atoms with Crippen LogP contribution in [0.1, 0.15) is 30.0 Å². The fraction of sp³-hybridized carbons (Fsp3) is 0.438. The van der Waals surface area contributed by atoms with Gasteiger partial charge in [-0.15, -0.1) is 10.2 Å². The zero-order valence-corrected chi connectivity index (χ0v) is 14.4. The van der Waals surface area contributed by atoms with Crippen LogP contribution in [0.15, 0.2) is 29.4 Å². The number of halogens is 1. The van der Waals surface area contributed by atoms with Gasteiger partial charge in [-0.1, -0.05) is 37.7 Å². The summed E-state index contributed by atoms with van der Waals surface area (Å²) in [5, 5.41) is 11.9. The Kier molecular flexibility index (Phi) is 6.15. The van der Waals surface area contributed by atoms with E-state index in [1.807, 2.05) is 11.6 Å². The summed E-state index contributed by atoms with van der Waals surface area (Å²) in [6, 6.07) is 5.93. The number of nitrogens with one attached hydrogen (secondary N) is 1. The molecule has 2 rings (SSSR count). The van der Waals surface area contributed by atoms with Crippen LogP contribution in [-0.2, 0) is 13.5 Å². The maximum atomic E-state index is 13.5. The van der Waals surface area contributed by atoms with Crippen molar-refractivity contribution in [1.82, 2.24) is 20.1 Å². The predicted molar refractivity (Wildman–Crippen MR) is 89.0 cm³/mol. The number of aromatic nitrogens is 3. The van der Waals surface area contributed by atoms with Gasteiger partial charge < -0.3 is 9.88 Å². The van der Waals surface area contributed by atoms with Crippen LogP contribution in [-0.4, -0.2) is 33.0 Å². The first kappa shape index (κ1) is 17.5. The lowest BCUT2D eigenvalue weighted by Crippen LogP contribution is -2.27. The lowest BCUT2D eigenvalue weighted by Gasteiger charge is -2.07. The van der Waals surface area contributed by atoms with Crippen molar-refractivity contribution in [3.63, 3.8) is 0 Å². The first-order valence-corrected chi connectivity index (χ1v) is 8.51. The fourth-order valence-corrected chi connectivity index (χ4v) is 2.84. The van der Waals surface area contributed by atoms with Crippen molar-refractivity contribution in [2.75, 3.05) is 12.3 Å². The summed E-state index contributed by atoms with van der Waals surface area (Å²) < 4.78 is 15.5. The van der Waals surface area contributed by atoms with Gasteiger partial charge in [0.25, 0.3) is 5.91 Å². The van der Waals surface area contributed by atoms with Crippen LogP contribution in [0.5, 0.6) is 0 Å². The van der Waals surface area contributed by atoms with Crippen molar-refractivity contribution >= 4 is 17.7 Å². The van der Waals surface area contributed by atoms with Crippen molar-refractivity contribution in [2.24, 2.45) is 13.0 Å². The summed E-state index contributed by atoms with van der Waals surface area (Å²) in [4.78, 5) is 11.9. The van der Waals surface area contributed by atoms with Gasteiger partial charge in [-0.2, -0.15) is 0 Å². The second kappa shape index (κ2) is 8.10. The van der Waals surface area contributed by atoms with Gasteiger partial charge in [-0.05, 0) is 18.1 Å². The van der Waals surface area contributed by atoms with Gasteiger partial charge in [0.15, 0.2) is 5.16 Å². The zero-order chi connectivity index (χ0) is 16.8. The maximum Gasteiger partial charge on any atom is 0.254 e. The van der Waals surface area contributed by atoms with Crippen LogP contribution >= 0.6 is 11.8 Å². The van der Waals surface area contributed by atoms with E-state index in [2.05, 4.69) is 29.4 Å². The van der Waals surface area contributed by atoms with Crippen LogP contribution in [0.3, 0.4) is 0 Å². The Morgan fingerprint density at radius 1 is 1.35 bits per heavy atom. The minimum atomic E-state index is -0.518. The molecule has 0 saturated carbocycles. The molecule has 1 aromatic heterocycles. The summed E-state index contributed by atoms with van der Waals surface area (Å²) in [6.07, 6.45) is 0.548. The number of nitrogens with zero attached hydrogens (tertiary/aromatic N) is 3. The monoisotopic (exact) mass is 336 g/mol. The molecule has 0 aliphatic carbocycles. The third-order valence-electron chi connectivity index (χ3n) is 3.22. The second-order valence-corrected chi connectivity index (χ2v) is 6.64. The van der Waals surface area contributed by atoms with Crippen LogP contribution in [0.25, 0.3) is 0 Å². The molecular formula is C16H21FN4OS. The van der Waals surface area contributed by atoms with Crippen LogP contribution in [0.2, 0.25) is 0 Å². The molecule has 0 fully saturated rings. The zero-order valence-electron chi connectivity index (χ0n) is 13.5. The lowest BCUT2D eigenvalue weighted by molar-refractivity contribution is 0.0950. The molecule has 0 aliphatic rings. The summed E-state index contributed by atoms with van der Waals surface area (Å²) in [5.74, 6) is 1.43. The average molecular weight is 336 g/mol. The predicted octanol–water partition coefficient (Wildman–Crippen LogP) is 2.67. The molecule has 0 atom stereocenters. The minimum absolute atomic E-state index is 0.0543. The van der Waals surface area contributed by atoms with Gasteiger partial charge >= 0.3 is 0 Å². The number of benzene rings is 1. The van der Waals surface area contributed by atoms with Crippen LogP contribution in [0.4, 0.5) is 4.39 Å². The van der Waals surface area contributed by atoms with E-state index in [1.54, 1.807) is 23.9 Å². The quantitative estimate of drug-likeness (QED) is 0.790. The Hall–Kier alpha value is -1.89. The van der Waals surface area contributed by atoms with E-state index in [4.69, 9.17) is 0 Å². The van der Waals surface area contributed by atoms with Crippen molar-refractivity contribution in [3.05, 3.63) is 41.5 Å². The van der Waals surface area contributed by atoms with Crippen molar-refractivity contribution in [3.8, 4) is 0 Å². The highest BCUT2D eigenvalue weighted by atomic mass is 32.2. The highest BCUT2D eigenvalue weighted by molar-refractivity contribution is 7.99. The van der Waals surface area contributed by atoms with E-state index in [-0.39, 0.29) is 5.56 Å². The molecule has 2 aromatic rings. The molecule has 124 valence electrons. The standard InChI is InChI=1S/C16H21FN4OS/c1-11(2)10-23-16-20-19-14(21(16)3)8-9-18-15(22)12-6-4-5-7-13(12)17/h4-7,11H,8-10H2,1-3H3,(H,18,22). The van der Waals surface area contributed by atoms with Crippen LogP contribution < -0.4 is 5.32 Å². The number of hydrogen-bond acceptors (Lipinski definition) is 4. The Bertz CT molecular complexity index is 672. The van der Waals surface area contributed by atoms with Gasteiger partial charge in [-0.3, -0.25) is 4.79 Å². The highest BCUT2D eigenvalue weighted by Crippen LogP contribution is 2.18.